The number of carbonyl (C=O) groups excluding carboxylic acids is 1. The first-order chi connectivity index (χ1) is 15.6. The van der Waals surface area contributed by atoms with E-state index >= 15 is 0 Å². The highest BCUT2D eigenvalue weighted by molar-refractivity contribution is 7.98. The topological polar surface area (TPSA) is 85.6 Å². The SMILES string of the molecule is COc1ccccc1C(=O)Nc1ccccc1SCc1cc(=O)n2nc(C3CC3)sc2n1. The van der Waals surface area contributed by atoms with Crippen LogP contribution in [0, 0.1) is 0 Å². The number of amides is 1. The zero-order valence-corrected chi connectivity index (χ0v) is 18.9. The Hall–Kier alpha value is -3.17. The monoisotopic (exact) mass is 464 g/mol. The molecular formula is C23H20N4O3S2. The third-order valence-corrected chi connectivity index (χ3v) is 7.28. The van der Waals surface area contributed by atoms with Crippen LogP contribution in [0.3, 0.4) is 0 Å². The number of hydrogen-bond donors (Lipinski definition) is 1. The highest BCUT2D eigenvalue weighted by atomic mass is 32.2. The first kappa shape index (κ1) is 20.7. The second-order valence-electron chi connectivity index (χ2n) is 7.43. The van der Waals surface area contributed by atoms with Gasteiger partial charge >= 0.3 is 0 Å². The summed E-state index contributed by atoms with van der Waals surface area (Å²) in [5, 5.41) is 8.38. The van der Waals surface area contributed by atoms with Crippen molar-refractivity contribution in [3.05, 3.63) is 81.2 Å². The number of nitrogens with one attached hydrogen (secondary N) is 1. The quantitative estimate of drug-likeness (QED) is 0.403. The van der Waals surface area contributed by atoms with Gasteiger partial charge < -0.3 is 10.1 Å². The maximum absolute atomic E-state index is 12.8. The van der Waals surface area contributed by atoms with Crippen LogP contribution >= 0.6 is 23.1 Å². The maximum Gasteiger partial charge on any atom is 0.275 e. The summed E-state index contributed by atoms with van der Waals surface area (Å²) in [6.45, 7) is 0. The van der Waals surface area contributed by atoms with E-state index in [0.717, 1.165) is 22.7 Å². The van der Waals surface area contributed by atoms with E-state index in [1.807, 2.05) is 30.3 Å². The molecule has 0 atom stereocenters. The van der Waals surface area contributed by atoms with Crippen LogP contribution < -0.4 is 15.6 Å². The van der Waals surface area contributed by atoms with E-state index in [-0.39, 0.29) is 11.5 Å². The minimum absolute atomic E-state index is 0.161. The largest absolute Gasteiger partial charge is 0.496 e. The molecule has 5 rings (SSSR count). The zero-order chi connectivity index (χ0) is 22.1. The fourth-order valence-corrected chi connectivity index (χ4v) is 5.30. The highest BCUT2D eigenvalue weighted by Crippen LogP contribution is 2.41. The number of nitrogens with zero attached hydrogens (tertiary/aromatic N) is 3. The van der Waals surface area contributed by atoms with Crippen molar-refractivity contribution >= 4 is 39.7 Å². The number of aromatic nitrogens is 3. The second kappa shape index (κ2) is 8.76. The summed E-state index contributed by atoms with van der Waals surface area (Å²) < 4.78 is 6.69. The molecule has 9 heteroatoms. The van der Waals surface area contributed by atoms with Crippen molar-refractivity contribution < 1.29 is 9.53 Å². The van der Waals surface area contributed by atoms with Crippen LogP contribution in [0.5, 0.6) is 5.75 Å². The molecule has 1 N–H and O–H groups in total. The van der Waals surface area contributed by atoms with E-state index < -0.39 is 0 Å². The summed E-state index contributed by atoms with van der Waals surface area (Å²) in [5.41, 5.74) is 1.69. The Morgan fingerprint density at radius 1 is 1.22 bits per heavy atom. The molecule has 4 aromatic rings. The number of carbonyl (C=O) groups is 1. The van der Waals surface area contributed by atoms with Gasteiger partial charge in [0, 0.05) is 22.6 Å². The molecule has 1 aliphatic rings. The lowest BCUT2D eigenvalue weighted by Crippen LogP contribution is -2.15. The van der Waals surface area contributed by atoms with Crippen molar-refractivity contribution in [3.8, 4) is 5.75 Å². The van der Waals surface area contributed by atoms with Crippen LogP contribution in [0.4, 0.5) is 5.69 Å². The van der Waals surface area contributed by atoms with E-state index in [0.29, 0.717) is 39.3 Å². The summed E-state index contributed by atoms with van der Waals surface area (Å²) >= 11 is 3.01. The van der Waals surface area contributed by atoms with Crippen LogP contribution in [-0.4, -0.2) is 27.6 Å². The predicted molar refractivity (Wildman–Crippen MR) is 126 cm³/mol. The van der Waals surface area contributed by atoms with E-state index in [1.165, 1.54) is 33.7 Å². The van der Waals surface area contributed by atoms with Crippen molar-refractivity contribution in [1.29, 1.82) is 0 Å². The van der Waals surface area contributed by atoms with Gasteiger partial charge in [0.05, 0.1) is 24.1 Å². The first-order valence-corrected chi connectivity index (χ1v) is 12.0. The molecule has 32 heavy (non-hydrogen) atoms. The molecule has 0 saturated heterocycles. The minimum atomic E-state index is -0.245. The molecule has 1 aliphatic carbocycles. The van der Waals surface area contributed by atoms with Gasteiger partial charge in [-0.1, -0.05) is 35.6 Å². The molecule has 1 fully saturated rings. The molecule has 0 spiro atoms. The molecular weight excluding hydrogens is 444 g/mol. The Labute approximate surface area is 192 Å². The fraction of sp³-hybridized carbons (Fsp3) is 0.217. The number of methoxy groups -OCH3 is 1. The summed E-state index contributed by atoms with van der Waals surface area (Å²) in [6, 6.07) is 16.2. The number of ether oxygens (including phenoxy) is 1. The van der Waals surface area contributed by atoms with E-state index in [9.17, 15) is 9.59 Å². The molecule has 2 aromatic carbocycles. The van der Waals surface area contributed by atoms with Crippen LogP contribution in [-0.2, 0) is 5.75 Å². The Morgan fingerprint density at radius 2 is 2.00 bits per heavy atom. The summed E-state index contributed by atoms with van der Waals surface area (Å²) in [5.74, 6) is 1.26. The van der Waals surface area contributed by atoms with Gasteiger partial charge in [0.25, 0.3) is 11.5 Å². The predicted octanol–water partition coefficient (Wildman–Crippen LogP) is 4.58. The average Bonchev–Trinajstić information content (AvgIpc) is 3.57. The molecule has 0 bridgehead atoms. The normalized spacial score (nSPS) is 13.3. The third-order valence-electron chi connectivity index (χ3n) is 5.10. The zero-order valence-electron chi connectivity index (χ0n) is 17.3. The molecule has 1 saturated carbocycles. The fourth-order valence-electron chi connectivity index (χ4n) is 3.31. The van der Waals surface area contributed by atoms with Gasteiger partial charge in [-0.3, -0.25) is 9.59 Å². The molecule has 162 valence electrons. The second-order valence-corrected chi connectivity index (χ2v) is 9.44. The van der Waals surface area contributed by atoms with E-state index in [2.05, 4.69) is 15.4 Å². The first-order valence-electron chi connectivity index (χ1n) is 10.2. The molecule has 7 nitrogen and oxygen atoms in total. The Bertz CT molecular complexity index is 1360. The van der Waals surface area contributed by atoms with Crippen LogP contribution in [0.15, 0.2) is 64.3 Å². The molecule has 2 aromatic heterocycles. The molecule has 0 unspecified atom stereocenters. The average molecular weight is 465 g/mol. The number of thioether (sulfide) groups is 1. The third kappa shape index (κ3) is 4.26. The van der Waals surface area contributed by atoms with Gasteiger partial charge in [-0.15, -0.1) is 11.8 Å². The number of benzene rings is 2. The van der Waals surface area contributed by atoms with Gasteiger partial charge in [-0.05, 0) is 37.1 Å². The lowest BCUT2D eigenvalue weighted by Gasteiger charge is -2.12. The number of hydrogen-bond acceptors (Lipinski definition) is 7. The van der Waals surface area contributed by atoms with E-state index in [4.69, 9.17) is 4.74 Å². The Morgan fingerprint density at radius 3 is 2.81 bits per heavy atom. The van der Waals surface area contributed by atoms with Crippen molar-refractivity contribution in [2.75, 3.05) is 12.4 Å². The summed E-state index contributed by atoms with van der Waals surface area (Å²) in [4.78, 5) is 31.5. The smallest absolute Gasteiger partial charge is 0.275 e. The van der Waals surface area contributed by atoms with Crippen molar-refractivity contribution in [2.45, 2.75) is 29.4 Å². The minimum Gasteiger partial charge on any atom is -0.496 e. The van der Waals surface area contributed by atoms with Crippen LogP contribution in [0.25, 0.3) is 4.96 Å². The van der Waals surface area contributed by atoms with Crippen molar-refractivity contribution in [3.63, 3.8) is 0 Å². The van der Waals surface area contributed by atoms with E-state index in [1.54, 1.807) is 25.3 Å². The number of fused-ring (bicyclic) bond motifs is 1. The van der Waals surface area contributed by atoms with Gasteiger partial charge in [0.2, 0.25) is 4.96 Å². The van der Waals surface area contributed by atoms with Gasteiger partial charge in [0.15, 0.2) is 0 Å². The number of para-hydroxylation sites is 2. The Kier molecular flexibility index (Phi) is 5.67. The summed E-state index contributed by atoms with van der Waals surface area (Å²) in [6.07, 6.45) is 2.27. The van der Waals surface area contributed by atoms with Crippen LogP contribution in [0.1, 0.15) is 39.8 Å². The Balaban J connectivity index is 1.34. The van der Waals surface area contributed by atoms with Crippen molar-refractivity contribution in [1.82, 2.24) is 14.6 Å². The van der Waals surface area contributed by atoms with Gasteiger partial charge in [0.1, 0.15) is 10.8 Å². The summed E-state index contributed by atoms with van der Waals surface area (Å²) in [7, 11) is 1.54. The highest BCUT2D eigenvalue weighted by Gasteiger charge is 2.28. The molecule has 0 aliphatic heterocycles. The van der Waals surface area contributed by atoms with Crippen LogP contribution in [0.2, 0.25) is 0 Å². The van der Waals surface area contributed by atoms with Gasteiger partial charge in [-0.25, -0.2) is 4.98 Å². The molecule has 0 radical (unpaired) electrons. The maximum atomic E-state index is 12.8. The standard InChI is InChI=1S/C23H20N4O3S2/c1-30-18-8-4-2-6-16(18)21(29)25-17-7-3-5-9-19(17)31-13-15-12-20(28)27-23(24-15)32-22(26-27)14-10-11-14/h2-9,12,14H,10-11,13H2,1H3,(H,25,29). The molecule has 2 heterocycles. The van der Waals surface area contributed by atoms with Crippen molar-refractivity contribution in [2.24, 2.45) is 0 Å². The molecule has 1 amide bonds. The lowest BCUT2D eigenvalue weighted by molar-refractivity contribution is 0.102. The lowest BCUT2D eigenvalue weighted by atomic mass is 10.2. The number of anilines is 1. The van der Waals surface area contributed by atoms with Gasteiger partial charge in [-0.2, -0.15) is 9.61 Å². The number of rotatable bonds is 7.